The zero-order valence-electron chi connectivity index (χ0n) is 13.2. The molecule has 3 aromatic rings. The van der Waals surface area contributed by atoms with Crippen molar-refractivity contribution in [3.05, 3.63) is 77.7 Å². The maximum absolute atomic E-state index is 12.0. The first-order valence-corrected chi connectivity index (χ1v) is 7.79. The number of aromatic nitrogens is 1. The molecule has 122 valence electrons. The molecule has 0 aliphatic heterocycles. The molecule has 0 spiro atoms. The summed E-state index contributed by atoms with van der Waals surface area (Å²) < 4.78 is 5.45. The Hall–Kier alpha value is -2.92. The summed E-state index contributed by atoms with van der Waals surface area (Å²) in [6.07, 6.45) is 1.90. The highest BCUT2D eigenvalue weighted by atomic mass is 16.3. The van der Waals surface area contributed by atoms with Gasteiger partial charge >= 0.3 is 0 Å². The first-order chi connectivity index (χ1) is 11.7. The summed E-state index contributed by atoms with van der Waals surface area (Å²) in [6, 6.07) is 17.4. The molecule has 0 saturated carbocycles. The summed E-state index contributed by atoms with van der Waals surface area (Å²) in [5.74, 6) is 0.497. The van der Waals surface area contributed by atoms with E-state index in [0.717, 1.165) is 16.7 Å². The maximum Gasteiger partial charge on any atom is 0.226 e. The van der Waals surface area contributed by atoms with E-state index in [1.165, 1.54) is 0 Å². The van der Waals surface area contributed by atoms with Crippen LogP contribution in [0.3, 0.4) is 0 Å². The molecule has 0 aliphatic carbocycles. The van der Waals surface area contributed by atoms with Gasteiger partial charge in [-0.15, -0.1) is 0 Å². The van der Waals surface area contributed by atoms with Crippen LogP contribution in [0.4, 0.5) is 0 Å². The van der Waals surface area contributed by atoms with Crippen molar-refractivity contribution in [3.63, 3.8) is 0 Å². The Bertz CT molecular complexity index is 795. The minimum absolute atomic E-state index is 0.0558. The summed E-state index contributed by atoms with van der Waals surface area (Å²) in [5, 5.41) is 2.85. The predicted molar refractivity (Wildman–Crippen MR) is 91.8 cm³/mol. The van der Waals surface area contributed by atoms with Crippen LogP contribution in [0.5, 0.6) is 0 Å². The van der Waals surface area contributed by atoms with Crippen molar-refractivity contribution in [1.82, 2.24) is 10.3 Å². The van der Waals surface area contributed by atoms with Gasteiger partial charge in [0.15, 0.2) is 0 Å². The first kappa shape index (κ1) is 16.0. The van der Waals surface area contributed by atoms with Crippen LogP contribution in [-0.4, -0.2) is 10.9 Å². The molecule has 24 heavy (non-hydrogen) atoms. The topological polar surface area (TPSA) is 81.2 Å². The molecule has 1 heterocycles. The van der Waals surface area contributed by atoms with Crippen molar-refractivity contribution >= 4 is 5.91 Å². The first-order valence-electron chi connectivity index (χ1n) is 7.79. The summed E-state index contributed by atoms with van der Waals surface area (Å²) in [7, 11) is 0. The van der Waals surface area contributed by atoms with Crippen molar-refractivity contribution in [3.8, 4) is 11.5 Å². The van der Waals surface area contributed by atoms with Gasteiger partial charge in [-0.1, -0.05) is 42.5 Å². The number of nitrogens with one attached hydrogen (secondary N) is 1. The highest BCUT2D eigenvalue weighted by Gasteiger charge is 2.08. The van der Waals surface area contributed by atoms with Crippen LogP contribution in [0.1, 0.15) is 16.8 Å². The molecule has 2 aromatic carbocycles. The van der Waals surface area contributed by atoms with Crippen molar-refractivity contribution in [2.75, 3.05) is 0 Å². The second-order valence-corrected chi connectivity index (χ2v) is 5.48. The fourth-order valence-corrected chi connectivity index (χ4v) is 2.33. The molecule has 1 aromatic heterocycles. The van der Waals surface area contributed by atoms with Gasteiger partial charge in [0.05, 0.1) is 18.7 Å². The van der Waals surface area contributed by atoms with Crippen LogP contribution in [0.25, 0.3) is 11.5 Å². The number of nitrogens with zero attached hydrogens (tertiary/aromatic N) is 1. The average molecular weight is 321 g/mol. The van der Waals surface area contributed by atoms with E-state index in [0.29, 0.717) is 31.1 Å². The van der Waals surface area contributed by atoms with Crippen LogP contribution < -0.4 is 11.1 Å². The fraction of sp³-hybridized carbons (Fsp3) is 0.158. The molecule has 0 saturated heterocycles. The van der Waals surface area contributed by atoms with E-state index < -0.39 is 0 Å². The molecule has 5 heteroatoms. The van der Waals surface area contributed by atoms with Crippen LogP contribution in [0.2, 0.25) is 0 Å². The lowest BCUT2D eigenvalue weighted by Crippen LogP contribution is -2.24. The lowest BCUT2D eigenvalue weighted by atomic mass is 10.1. The zero-order valence-corrected chi connectivity index (χ0v) is 13.2. The van der Waals surface area contributed by atoms with E-state index >= 15 is 0 Å². The van der Waals surface area contributed by atoms with Gasteiger partial charge in [0.1, 0.15) is 6.26 Å². The van der Waals surface area contributed by atoms with E-state index in [1.807, 2.05) is 54.6 Å². The average Bonchev–Trinajstić information content (AvgIpc) is 3.10. The fourth-order valence-electron chi connectivity index (χ4n) is 2.33. The monoisotopic (exact) mass is 321 g/mol. The highest BCUT2D eigenvalue weighted by molar-refractivity contribution is 5.78. The van der Waals surface area contributed by atoms with Crippen molar-refractivity contribution in [1.29, 1.82) is 0 Å². The number of amides is 1. The molecule has 0 aliphatic rings. The Morgan fingerprint density at radius 1 is 1.04 bits per heavy atom. The molecule has 3 rings (SSSR count). The SMILES string of the molecule is NCc1ccc(CC(=O)NCc2coc(-c3ccccc3)n2)cc1. The summed E-state index contributed by atoms with van der Waals surface area (Å²) in [4.78, 5) is 16.4. The molecular weight excluding hydrogens is 302 g/mol. The van der Waals surface area contributed by atoms with E-state index in [-0.39, 0.29) is 5.91 Å². The number of rotatable bonds is 6. The number of carbonyl (C=O) groups excluding carboxylic acids is 1. The Balaban J connectivity index is 1.53. The molecule has 0 radical (unpaired) electrons. The smallest absolute Gasteiger partial charge is 0.226 e. The third kappa shape index (κ3) is 4.08. The Morgan fingerprint density at radius 3 is 2.46 bits per heavy atom. The van der Waals surface area contributed by atoms with Gasteiger partial charge in [-0.3, -0.25) is 4.79 Å². The minimum atomic E-state index is -0.0558. The van der Waals surface area contributed by atoms with Crippen LogP contribution in [0, 0.1) is 0 Å². The maximum atomic E-state index is 12.0. The van der Waals surface area contributed by atoms with Gasteiger partial charge in [0, 0.05) is 12.1 Å². The Morgan fingerprint density at radius 2 is 1.75 bits per heavy atom. The zero-order chi connectivity index (χ0) is 16.8. The standard InChI is InChI=1S/C19H19N3O2/c20-11-15-8-6-14(7-9-15)10-18(23)21-12-17-13-24-19(22-17)16-4-2-1-3-5-16/h1-9,13H,10-12,20H2,(H,21,23). The van der Waals surface area contributed by atoms with Crippen LogP contribution in [0.15, 0.2) is 65.3 Å². The Kier molecular flexibility index (Phi) is 5.03. The van der Waals surface area contributed by atoms with Crippen molar-refractivity contribution in [2.24, 2.45) is 5.73 Å². The number of carbonyl (C=O) groups is 1. The van der Waals surface area contributed by atoms with Gasteiger partial charge in [-0.25, -0.2) is 4.98 Å². The predicted octanol–water partition coefficient (Wildman–Crippen LogP) is 2.66. The van der Waals surface area contributed by atoms with E-state index in [9.17, 15) is 4.79 Å². The van der Waals surface area contributed by atoms with Gasteiger partial charge < -0.3 is 15.5 Å². The second-order valence-electron chi connectivity index (χ2n) is 5.48. The van der Waals surface area contributed by atoms with Crippen LogP contribution in [-0.2, 0) is 24.3 Å². The van der Waals surface area contributed by atoms with Gasteiger partial charge in [-0.05, 0) is 23.3 Å². The quantitative estimate of drug-likeness (QED) is 0.731. The lowest BCUT2D eigenvalue weighted by molar-refractivity contribution is -0.120. The highest BCUT2D eigenvalue weighted by Crippen LogP contribution is 2.17. The van der Waals surface area contributed by atoms with Gasteiger partial charge in [-0.2, -0.15) is 0 Å². The summed E-state index contributed by atoms with van der Waals surface area (Å²) in [5.41, 5.74) is 9.17. The number of benzene rings is 2. The van der Waals surface area contributed by atoms with E-state index in [2.05, 4.69) is 10.3 Å². The minimum Gasteiger partial charge on any atom is -0.444 e. The van der Waals surface area contributed by atoms with Crippen molar-refractivity contribution < 1.29 is 9.21 Å². The van der Waals surface area contributed by atoms with Gasteiger partial charge in [0.2, 0.25) is 11.8 Å². The normalized spacial score (nSPS) is 10.5. The summed E-state index contributed by atoms with van der Waals surface area (Å²) in [6.45, 7) is 0.846. The second kappa shape index (κ2) is 7.57. The number of nitrogens with two attached hydrogens (primary N) is 1. The van der Waals surface area contributed by atoms with Crippen molar-refractivity contribution in [2.45, 2.75) is 19.5 Å². The third-order valence-electron chi connectivity index (χ3n) is 3.66. The van der Waals surface area contributed by atoms with Gasteiger partial charge in [0.25, 0.3) is 0 Å². The molecular formula is C19H19N3O2. The lowest BCUT2D eigenvalue weighted by Gasteiger charge is -2.04. The Labute approximate surface area is 140 Å². The summed E-state index contributed by atoms with van der Waals surface area (Å²) >= 11 is 0. The number of hydrogen-bond donors (Lipinski definition) is 2. The molecule has 3 N–H and O–H groups in total. The number of hydrogen-bond acceptors (Lipinski definition) is 4. The molecule has 0 atom stereocenters. The molecule has 1 amide bonds. The largest absolute Gasteiger partial charge is 0.444 e. The third-order valence-corrected chi connectivity index (χ3v) is 3.66. The molecule has 0 unspecified atom stereocenters. The van der Waals surface area contributed by atoms with Crippen LogP contribution >= 0.6 is 0 Å². The molecule has 0 bridgehead atoms. The molecule has 0 fully saturated rings. The van der Waals surface area contributed by atoms with E-state index in [1.54, 1.807) is 6.26 Å². The molecule has 5 nitrogen and oxygen atoms in total. The number of oxazole rings is 1. The van der Waals surface area contributed by atoms with E-state index in [4.69, 9.17) is 10.2 Å².